The number of aromatic carboxylic acids is 1. The Morgan fingerprint density at radius 1 is 1.56 bits per heavy atom. The number of carboxylic acids is 1. The van der Waals surface area contributed by atoms with Crippen molar-refractivity contribution < 1.29 is 19.4 Å². The minimum absolute atomic E-state index is 0.0844. The highest BCUT2D eigenvalue weighted by Gasteiger charge is 2.13. The van der Waals surface area contributed by atoms with Gasteiger partial charge in [0.1, 0.15) is 6.61 Å². The molecular formula is C12H12BrNO4. The van der Waals surface area contributed by atoms with E-state index < -0.39 is 12.1 Å². The summed E-state index contributed by atoms with van der Waals surface area (Å²) in [5.74, 6) is -1.05. The predicted octanol–water partition coefficient (Wildman–Crippen LogP) is 3.19. The average Bonchev–Trinajstić information content (AvgIpc) is 2.29. The number of rotatable bonds is 4. The Hall–Kier alpha value is -1.82. The summed E-state index contributed by atoms with van der Waals surface area (Å²) in [6, 6.07) is 2.99. The van der Waals surface area contributed by atoms with Gasteiger partial charge in [0, 0.05) is 4.47 Å². The van der Waals surface area contributed by atoms with Crippen molar-refractivity contribution in [3.8, 4) is 0 Å². The maximum absolute atomic E-state index is 11.3. The Bertz CT molecular complexity index is 499. The molecule has 0 saturated heterocycles. The van der Waals surface area contributed by atoms with Crippen LogP contribution < -0.4 is 5.32 Å². The molecule has 0 aliphatic heterocycles. The fourth-order valence-electron chi connectivity index (χ4n) is 1.28. The summed E-state index contributed by atoms with van der Waals surface area (Å²) in [5, 5.41) is 11.4. The smallest absolute Gasteiger partial charge is 0.411 e. The zero-order valence-electron chi connectivity index (χ0n) is 9.70. The van der Waals surface area contributed by atoms with Crippen molar-refractivity contribution in [3.05, 3.63) is 40.4 Å². The molecule has 1 aromatic rings. The molecule has 18 heavy (non-hydrogen) atoms. The molecule has 0 aromatic heterocycles. The number of aryl methyl sites for hydroxylation is 1. The van der Waals surface area contributed by atoms with Crippen molar-refractivity contribution in [1.29, 1.82) is 0 Å². The number of benzene rings is 1. The molecule has 0 heterocycles. The number of amides is 1. The fourth-order valence-corrected chi connectivity index (χ4v) is 1.84. The van der Waals surface area contributed by atoms with Crippen LogP contribution in [0.1, 0.15) is 15.9 Å². The summed E-state index contributed by atoms with van der Waals surface area (Å²) in [6.07, 6.45) is 0.766. The van der Waals surface area contributed by atoms with E-state index in [4.69, 9.17) is 9.84 Å². The molecule has 0 saturated carbocycles. The number of carbonyl (C=O) groups is 2. The summed E-state index contributed by atoms with van der Waals surface area (Å²) in [6.45, 7) is 5.17. The van der Waals surface area contributed by atoms with Gasteiger partial charge in [-0.3, -0.25) is 5.32 Å². The lowest BCUT2D eigenvalue weighted by atomic mass is 10.1. The predicted molar refractivity (Wildman–Crippen MR) is 71.0 cm³/mol. The molecule has 0 aliphatic rings. The zero-order valence-corrected chi connectivity index (χ0v) is 11.3. The van der Waals surface area contributed by atoms with Crippen LogP contribution in [0.3, 0.4) is 0 Å². The van der Waals surface area contributed by atoms with E-state index in [1.54, 1.807) is 13.0 Å². The molecule has 0 unspecified atom stereocenters. The van der Waals surface area contributed by atoms with Gasteiger partial charge in [0.25, 0.3) is 0 Å². The summed E-state index contributed by atoms with van der Waals surface area (Å²) >= 11 is 3.24. The molecule has 6 heteroatoms. The van der Waals surface area contributed by atoms with Gasteiger partial charge in [-0.05, 0) is 40.5 Å². The Morgan fingerprint density at radius 2 is 2.22 bits per heavy atom. The molecule has 5 nitrogen and oxygen atoms in total. The maximum Gasteiger partial charge on any atom is 0.411 e. The van der Waals surface area contributed by atoms with E-state index in [2.05, 4.69) is 27.8 Å². The maximum atomic E-state index is 11.3. The third-order valence-corrected chi connectivity index (χ3v) is 2.77. The van der Waals surface area contributed by atoms with Crippen LogP contribution in [0, 0.1) is 6.92 Å². The van der Waals surface area contributed by atoms with Gasteiger partial charge < -0.3 is 9.84 Å². The zero-order chi connectivity index (χ0) is 13.7. The van der Waals surface area contributed by atoms with Crippen LogP contribution in [-0.4, -0.2) is 23.8 Å². The molecule has 0 radical (unpaired) electrons. The first kappa shape index (κ1) is 14.2. The molecule has 0 fully saturated rings. The van der Waals surface area contributed by atoms with Crippen LogP contribution >= 0.6 is 15.9 Å². The topological polar surface area (TPSA) is 75.6 Å². The van der Waals surface area contributed by atoms with Crippen LogP contribution in [0.4, 0.5) is 10.5 Å². The minimum atomic E-state index is -1.05. The molecule has 1 aromatic carbocycles. The van der Waals surface area contributed by atoms with E-state index in [1.807, 2.05) is 0 Å². The van der Waals surface area contributed by atoms with Crippen molar-refractivity contribution in [2.24, 2.45) is 0 Å². The summed E-state index contributed by atoms with van der Waals surface area (Å²) in [5.41, 5.74) is 1.06. The van der Waals surface area contributed by atoms with Crippen molar-refractivity contribution in [2.75, 3.05) is 11.9 Å². The Morgan fingerprint density at radius 3 is 2.78 bits per heavy atom. The lowest BCUT2D eigenvalue weighted by molar-refractivity contribution is 0.0696. The first-order chi connectivity index (χ1) is 8.45. The molecule has 0 aliphatic carbocycles. The molecule has 0 atom stereocenters. The number of hydrogen-bond donors (Lipinski definition) is 2. The third-order valence-electron chi connectivity index (χ3n) is 2.11. The Labute approximate surface area is 113 Å². The average molecular weight is 314 g/mol. The molecule has 1 amide bonds. The number of carbonyl (C=O) groups excluding carboxylic acids is 1. The highest BCUT2D eigenvalue weighted by molar-refractivity contribution is 9.10. The van der Waals surface area contributed by atoms with Crippen LogP contribution in [0.25, 0.3) is 0 Å². The number of nitrogens with one attached hydrogen (secondary N) is 1. The summed E-state index contributed by atoms with van der Waals surface area (Å²) in [7, 11) is 0. The quantitative estimate of drug-likeness (QED) is 0.837. The van der Waals surface area contributed by atoms with Gasteiger partial charge in [0.2, 0.25) is 0 Å². The highest BCUT2D eigenvalue weighted by atomic mass is 79.9. The lowest BCUT2D eigenvalue weighted by Gasteiger charge is -2.10. The van der Waals surface area contributed by atoms with E-state index in [9.17, 15) is 9.59 Å². The van der Waals surface area contributed by atoms with Gasteiger partial charge >= 0.3 is 12.1 Å². The third kappa shape index (κ3) is 3.59. The number of hydrogen-bond acceptors (Lipinski definition) is 3. The minimum Gasteiger partial charge on any atom is -0.478 e. The van der Waals surface area contributed by atoms with Crippen LogP contribution in [0.15, 0.2) is 29.3 Å². The van der Waals surface area contributed by atoms with Gasteiger partial charge in [-0.25, -0.2) is 9.59 Å². The monoisotopic (exact) mass is 313 g/mol. The highest BCUT2D eigenvalue weighted by Crippen LogP contribution is 2.26. The second kappa shape index (κ2) is 6.20. The normalized spacial score (nSPS) is 9.67. The first-order valence-electron chi connectivity index (χ1n) is 5.03. The summed E-state index contributed by atoms with van der Waals surface area (Å²) < 4.78 is 5.33. The standard InChI is InChI=1S/C12H12BrNO4/c1-3-4-18-12(17)14-10-6-8(11(15)16)7(2)5-9(10)13/h3,5-6H,1,4H2,2H3,(H,14,17)(H,15,16). The fraction of sp³-hybridized carbons (Fsp3) is 0.167. The van der Waals surface area contributed by atoms with E-state index in [0.717, 1.165) is 0 Å². The van der Waals surface area contributed by atoms with E-state index in [1.165, 1.54) is 12.1 Å². The Balaban J connectivity index is 2.95. The van der Waals surface area contributed by atoms with E-state index >= 15 is 0 Å². The Kier molecular flexibility index (Phi) is 4.91. The SMILES string of the molecule is C=CCOC(=O)Nc1cc(C(=O)O)c(C)cc1Br. The second-order valence-corrected chi connectivity index (χ2v) is 4.32. The molecule has 1 rings (SSSR count). The van der Waals surface area contributed by atoms with E-state index in [0.29, 0.717) is 15.7 Å². The van der Waals surface area contributed by atoms with Gasteiger partial charge in [-0.15, -0.1) is 0 Å². The van der Waals surface area contributed by atoms with Crippen molar-refractivity contribution in [3.63, 3.8) is 0 Å². The van der Waals surface area contributed by atoms with Gasteiger partial charge in [-0.2, -0.15) is 0 Å². The first-order valence-corrected chi connectivity index (χ1v) is 5.83. The number of anilines is 1. The number of halogens is 1. The van der Waals surface area contributed by atoms with Gasteiger partial charge in [0.15, 0.2) is 0 Å². The van der Waals surface area contributed by atoms with Crippen molar-refractivity contribution in [2.45, 2.75) is 6.92 Å². The largest absolute Gasteiger partial charge is 0.478 e. The van der Waals surface area contributed by atoms with Gasteiger partial charge in [0.05, 0.1) is 11.3 Å². The molecule has 0 bridgehead atoms. The lowest BCUT2D eigenvalue weighted by Crippen LogP contribution is -2.14. The van der Waals surface area contributed by atoms with Crippen LogP contribution in [-0.2, 0) is 4.74 Å². The van der Waals surface area contributed by atoms with Gasteiger partial charge in [-0.1, -0.05) is 12.7 Å². The van der Waals surface area contributed by atoms with E-state index in [-0.39, 0.29) is 12.2 Å². The molecule has 96 valence electrons. The van der Waals surface area contributed by atoms with Crippen LogP contribution in [0.5, 0.6) is 0 Å². The second-order valence-electron chi connectivity index (χ2n) is 3.46. The number of ether oxygens (including phenoxy) is 1. The molecule has 0 spiro atoms. The van der Waals surface area contributed by atoms with Crippen molar-refractivity contribution in [1.82, 2.24) is 0 Å². The number of carboxylic acid groups (broad SMARTS) is 1. The van der Waals surface area contributed by atoms with Crippen LogP contribution in [0.2, 0.25) is 0 Å². The molecule has 2 N–H and O–H groups in total. The summed E-state index contributed by atoms with van der Waals surface area (Å²) in [4.78, 5) is 22.3. The van der Waals surface area contributed by atoms with Crippen molar-refractivity contribution >= 4 is 33.7 Å². The molecular weight excluding hydrogens is 302 g/mol.